The molecule has 0 aromatic rings. The lowest BCUT2D eigenvalue weighted by molar-refractivity contribution is -0.125. The predicted octanol–water partition coefficient (Wildman–Crippen LogP) is -0.311. The van der Waals surface area contributed by atoms with Gasteiger partial charge in [-0.2, -0.15) is 0 Å². The average Bonchev–Trinajstić information content (AvgIpc) is 2.10. The van der Waals surface area contributed by atoms with E-state index in [2.05, 4.69) is 5.32 Å². The molecule has 54 valence electrons. The summed E-state index contributed by atoms with van der Waals surface area (Å²) in [7, 11) is 0. The molecule has 0 saturated carbocycles. The van der Waals surface area contributed by atoms with Crippen LogP contribution in [0.2, 0.25) is 0 Å². The molecule has 4 nitrogen and oxygen atoms in total. The summed E-state index contributed by atoms with van der Waals surface area (Å²) < 4.78 is 0. The Morgan fingerprint density at radius 2 is 2.30 bits per heavy atom. The second kappa shape index (κ2) is 2.21. The highest BCUT2D eigenvalue weighted by molar-refractivity contribution is 6.14. The van der Waals surface area contributed by atoms with Crippen molar-refractivity contribution in [3.63, 3.8) is 0 Å². The SMILES string of the molecule is CC(=N)C1CC(=O)NC1=O. The first-order chi connectivity index (χ1) is 4.61. The smallest absolute Gasteiger partial charge is 0.235 e. The van der Waals surface area contributed by atoms with Gasteiger partial charge in [0.25, 0.3) is 0 Å². The first-order valence-electron chi connectivity index (χ1n) is 3.00. The summed E-state index contributed by atoms with van der Waals surface area (Å²) in [5.74, 6) is -1.12. The van der Waals surface area contributed by atoms with Crippen LogP contribution in [-0.2, 0) is 9.59 Å². The van der Waals surface area contributed by atoms with Gasteiger partial charge in [-0.15, -0.1) is 0 Å². The van der Waals surface area contributed by atoms with Crippen molar-refractivity contribution >= 4 is 17.5 Å². The normalized spacial score (nSPS) is 24.7. The van der Waals surface area contributed by atoms with Gasteiger partial charge in [0.05, 0.1) is 5.92 Å². The standard InChI is InChI=1S/C6H8N2O2/c1-3(7)4-2-5(9)8-6(4)10/h4,7H,2H2,1H3,(H,8,9,10). The minimum atomic E-state index is -0.507. The van der Waals surface area contributed by atoms with Crippen LogP contribution in [0.25, 0.3) is 0 Å². The lowest BCUT2D eigenvalue weighted by atomic mass is 10.0. The van der Waals surface area contributed by atoms with Crippen molar-refractivity contribution in [3.8, 4) is 0 Å². The van der Waals surface area contributed by atoms with E-state index in [0.717, 1.165) is 0 Å². The fourth-order valence-corrected chi connectivity index (χ4v) is 0.903. The second-order valence-electron chi connectivity index (χ2n) is 2.35. The zero-order chi connectivity index (χ0) is 7.72. The van der Waals surface area contributed by atoms with Crippen LogP contribution in [0.4, 0.5) is 0 Å². The predicted molar refractivity (Wildman–Crippen MR) is 34.7 cm³/mol. The molecule has 0 aromatic heterocycles. The van der Waals surface area contributed by atoms with Crippen molar-refractivity contribution in [1.82, 2.24) is 5.32 Å². The summed E-state index contributed by atoms with van der Waals surface area (Å²) in [6, 6.07) is 0. The highest BCUT2D eigenvalue weighted by Gasteiger charge is 2.31. The topological polar surface area (TPSA) is 70.0 Å². The van der Waals surface area contributed by atoms with E-state index >= 15 is 0 Å². The number of rotatable bonds is 1. The molecule has 10 heavy (non-hydrogen) atoms. The molecular weight excluding hydrogens is 132 g/mol. The molecule has 0 radical (unpaired) electrons. The molecule has 1 rings (SSSR count). The molecule has 1 heterocycles. The van der Waals surface area contributed by atoms with E-state index in [-0.39, 0.29) is 23.9 Å². The average molecular weight is 140 g/mol. The van der Waals surface area contributed by atoms with E-state index in [1.807, 2.05) is 0 Å². The molecule has 2 N–H and O–H groups in total. The van der Waals surface area contributed by atoms with Crippen molar-refractivity contribution in [2.75, 3.05) is 0 Å². The highest BCUT2D eigenvalue weighted by atomic mass is 16.2. The van der Waals surface area contributed by atoms with E-state index in [1.165, 1.54) is 6.92 Å². The van der Waals surface area contributed by atoms with Gasteiger partial charge in [-0.05, 0) is 6.92 Å². The fraction of sp³-hybridized carbons (Fsp3) is 0.500. The minimum Gasteiger partial charge on any atom is -0.309 e. The van der Waals surface area contributed by atoms with Crippen molar-refractivity contribution in [2.24, 2.45) is 5.92 Å². The number of nitrogens with one attached hydrogen (secondary N) is 2. The molecule has 0 spiro atoms. The van der Waals surface area contributed by atoms with Crippen molar-refractivity contribution in [1.29, 1.82) is 5.41 Å². The lowest BCUT2D eigenvalue weighted by Crippen LogP contribution is -2.24. The number of imide groups is 1. The molecular formula is C6H8N2O2. The van der Waals surface area contributed by atoms with Crippen molar-refractivity contribution < 1.29 is 9.59 Å². The lowest BCUT2D eigenvalue weighted by Gasteiger charge is -1.99. The quantitative estimate of drug-likeness (QED) is 0.387. The van der Waals surface area contributed by atoms with Crippen LogP contribution < -0.4 is 5.32 Å². The molecule has 1 aliphatic heterocycles. The van der Waals surface area contributed by atoms with Crippen molar-refractivity contribution in [2.45, 2.75) is 13.3 Å². The summed E-state index contributed by atoms with van der Waals surface area (Å²) in [6.07, 6.45) is 0.147. The maximum absolute atomic E-state index is 10.8. The van der Waals surface area contributed by atoms with E-state index in [9.17, 15) is 9.59 Å². The molecule has 0 aliphatic carbocycles. The largest absolute Gasteiger partial charge is 0.309 e. The van der Waals surface area contributed by atoms with Crippen LogP contribution >= 0.6 is 0 Å². The Morgan fingerprint density at radius 3 is 2.50 bits per heavy atom. The zero-order valence-electron chi connectivity index (χ0n) is 5.60. The number of hydrogen-bond acceptors (Lipinski definition) is 3. The number of carbonyl (C=O) groups excluding carboxylic acids is 2. The van der Waals surface area contributed by atoms with E-state index in [0.29, 0.717) is 0 Å². The Morgan fingerprint density at radius 1 is 1.70 bits per heavy atom. The zero-order valence-corrected chi connectivity index (χ0v) is 5.60. The van der Waals surface area contributed by atoms with E-state index < -0.39 is 5.92 Å². The summed E-state index contributed by atoms with van der Waals surface area (Å²) >= 11 is 0. The molecule has 1 atom stereocenters. The van der Waals surface area contributed by atoms with Gasteiger partial charge in [-0.3, -0.25) is 14.9 Å². The molecule has 1 unspecified atom stereocenters. The van der Waals surface area contributed by atoms with Crippen LogP contribution in [0, 0.1) is 11.3 Å². The Bertz CT molecular complexity index is 210. The summed E-state index contributed by atoms with van der Waals surface area (Å²) in [5, 5.41) is 9.23. The van der Waals surface area contributed by atoms with Gasteiger partial charge in [0.1, 0.15) is 0 Å². The highest BCUT2D eigenvalue weighted by Crippen LogP contribution is 2.10. The molecule has 1 fully saturated rings. The maximum atomic E-state index is 10.8. The molecule has 0 aromatic carbocycles. The van der Waals surface area contributed by atoms with Crippen LogP contribution in [0.15, 0.2) is 0 Å². The van der Waals surface area contributed by atoms with Gasteiger partial charge < -0.3 is 5.41 Å². The third-order valence-electron chi connectivity index (χ3n) is 1.49. The first kappa shape index (κ1) is 6.92. The minimum absolute atomic E-state index is 0.147. The number of amides is 2. The van der Waals surface area contributed by atoms with E-state index in [1.54, 1.807) is 0 Å². The monoisotopic (exact) mass is 140 g/mol. The van der Waals surface area contributed by atoms with Gasteiger partial charge in [-0.1, -0.05) is 0 Å². The Labute approximate surface area is 58.1 Å². The molecule has 1 saturated heterocycles. The van der Waals surface area contributed by atoms with Gasteiger partial charge >= 0.3 is 0 Å². The maximum Gasteiger partial charge on any atom is 0.235 e. The fourth-order valence-electron chi connectivity index (χ4n) is 0.903. The Hall–Kier alpha value is -1.19. The Kier molecular flexibility index (Phi) is 1.53. The third-order valence-corrected chi connectivity index (χ3v) is 1.49. The molecule has 0 bridgehead atoms. The summed E-state index contributed by atoms with van der Waals surface area (Å²) in [5.41, 5.74) is 0.253. The van der Waals surface area contributed by atoms with Crippen LogP contribution in [0.5, 0.6) is 0 Å². The van der Waals surface area contributed by atoms with Gasteiger partial charge in [0.15, 0.2) is 0 Å². The Balaban J connectivity index is 2.72. The number of carbonyl (C=O) groups is 2. The third kappa shape index (κ3) is 1.05. The van der Waals surface area contributed by atoms with Crippen LogP contribution in [0.1, 0.15) is 13.3 Å². The van der Waals surface area contributed by atoms with Crippen LogP contribution in [-0.4, -0.2) is 17.5 Å². The van der Waals surface area contributed by atoms with Gasteiger partial charge in [0, 0.05) is 12.1 Å². The van der Waals surface area contributed by atoms with Gasteiger partial charge in [0.2, 0.25) is 11.8 Å². The molecule has 4 heteroatoms. The van der Waals surface area contributed by atoms with E-state index in [4.69, 9.17) is 5.41 Å². The molecule has 2 amide bonds. The number of hydrogen-bond donors (Lipinski definition) is 2. The summed E-state index contributed by atoms with van der Waals surface area (Å²) in [6.45, 7) is 1.53. The summed E-state index contributed by atoms with van der Waals surface area (Å²) in [4.78, 5) is 21.3. The second-order valence-corrected chi connectivity index (χ2v) is 2.35. The van der Waals surface area contributed by atoms with Crippen molar-refractivity contribution in [3.05, 3.63) is 0 Å². The molecule has 1 aliphatic rings. The van der Waals surface area contributed by atoms with Crippen LogP contribution in [0.3, 0.4) is 0 Å². The first-order valence-corrected chi connectivity index (χ1v) is 3.00. The van der Waals surface area contributed by atoms with Gasteiger partial charge in [-0.25, -0.2) is 0 Å².